The molecule has 1 N–H and O–H groups in total. The molecule has 1 amide bonds. The fourth-order valence-electron chi connectivity index (χ4n) is 2.50. The van der Waals surface area contributed by atoms with E-state index in [-0.39, 0.29) is 12.5 Å². The normalized spacial score (nSPS) is 10.9. The molecule has 3 aromatic rings. The summed E-state index contributed by atoms with van der Waals surface area (Å²) in [4.78, 5) is 17.8. The van der Waals surface area contributed by atoms with Gasteiger partial charge in [-0.3, -0.25) is 4.79 Å². The highest BCUT2D eigenvalue weighted by molar-refractivity contribution is 7.98. The van der Waals surface area contributed by atoms with E-state index in [2.05, 4.69) is 36.3 Å². The zero-order valence-corrected chi connectivity index (χ0v) is 14.3. The van der Waals surface area contributed by atoms with Gasteiger partial charge >= 0.3 is 0 Å². The van der Waals surface area contributed by atoms with Gasteiger partial charge in [0.25, 0.3) is 0 Å². The number of amides is 1. The van der Waals surface area contributed by atoms with Crippen molar-refractivity contribution < 1.29 is 4.79 Å². The van der Waals surface area contributed by atoms with E-state index >= 15 is 0 Å². The van der Waals surface area contributed by atoms with Crippen molar-refractivity contribution in [2.45, 2.75) is 25.3 Å². The minimum atomic E-state index is -0.0548. The largest absolute Gasteiger partial charge is 0.324 e. The summed E-state index contributed by atoms with van der Waals surface area (Å²) in [5.74, 6) is -0.0548. The van der Waals surface area contributed by atoms with Crippen molar-refractivity contribution in [2.24, 2.45) is 0 Å². The minimum Gasteiger partial charge on any atom is -0.324 e. The van der Waals surface area contributed by atoms with Gasteiger partial charge in [-0.1, -0.05) is 6.07 Å². The summed E-state index contributed by atoms with van der Waals surface area (Å²) < 4.78 is 1.88. The van der Waals surface area contributed by atoms with Crippen LogP contribution in [0.15, 0.2) is 47.6 Å². The number of carbonyl (C=O) groups excluding carboxylic acids is 1. The van der Waals surface area contributed by atoms with Crippen LogP contribution < -0.4 is 5.32 Å². The monoisotopic (exact) mass is 325 g/mol. The third kappa shape index (κ3) is 3.40. The molecule has 118 valence electrons. The summed E-state index contributed by atoms with van der Waals surface area (Å²) in [5.41, 5.74) is 5.14. The van der Waals surface area contributed by atoms with E-state index in [1.54, 1.807) is 18.1 Å². The molecular formula is C18H19N3OS. The standard InChI is InChI=1S/C18H19N3OS/c1-12-7-16-17(8-13(12)2)21(11-19-16)10-18(22)20-14-5-4-6-15(9-14)23-3/h4-9,11H,10H2,1-3H3,(H,20,22). The number of carbonyl (C=O) groups is 1. The first kappa shape index (κ1) is 15.6. The van der Waals surface area contributed by atoms with Gasteiger partial charge in [0.1, 0.15) is 6.54 Å². The van der Waals surface area contributed by atoms with Gasteiger partial charge in [0.2, 0.25) is 5.91 Å². The Morgan fingerprint density at radius 3 is 2.78 bits per heavy atom. The van der Waals surface area contributed by atoms with Crippen LogP contribution in [-0.4, -0.2) is 21.7 Å². The predicted octanol–water partition coefficient (Wildman–Crippen LogP) is 4.01. The maximum atomic E-state index is 12.3. The first-order chi connectivity index (χ1) is 11.1. The Kier molecular flexibility index (Phi) is 4.39. The lowest BCUT2D eigenvalue weighted by atomic mass is 10.1. The number of rotatable bonds is 4. The van der Waals surface area contributed by atoms with Crippen molar-refractivity contribution in [1.82, 2.24) is 9.55 Å². The first-order valence-corrected chi connectivity index (χ1v) is 8.65. The second-order valence-corrected chi connectivity index (χ2v) is 6.46. The van der Waals surface area contributed by atoms with E-state index in [1.807, 2.05) is 35.1 Å². The van der Waals surface area contributed by atoms with Crippen LogP contribution in [0.25, 0.3) is 11.0 Å². The van der Waals surface area contributed by atoms with E-state index in [9.17, 15) is 4.79 Å². The Labute approximate surface area is 139 Å². The fourth-order valence-corrected chi connectivity index (χ4v) is 2.95. The second kappa shape index (κ2) is 6.46. The van der Waals surface area contributed by atoms with Crippen molar-refractivity contribution in [1.29, 1.82) is 0 Å². The van der Waals surface area contributed by atoms with Crippen LogP contribution in [0.1, 0.15) is 11.1 Å². The highest BCUT2D eigenvalue weighted by atomic mass is 32.2. The molecule has 0 bridgehead atoms. The Bertz CT molecular complexity index is 870. The zero-order valence-electron chi connectivity index (χ0n) is 13.5. The highest BCUT2D eigenvalue weighted by Crippen LogP contribution is 2.20. The lowest BCUT2D eigenvalue weighted by Gasteiger charge is -2.08. The number of fused-ring (bicyclic) bond motifs is 1. The molecule has 2 aromatic carbocycles. The topological polar surface area (TPSA) is 46.9 Å². The number of aryl methyl sites for hydroxylation is 2. The summed E-state index contributed by atoms with van der Waals surface area (Å²) in [6, 6.07) is 12.0. The van der Waals surface area contributed by atoms with Gasteiger partial charge in [-0.25, -0.2) is 4.98 Å². The van der Waals surface area contributed by atoms with Gasteiger partial charge in [-0.05, 0) is 61.6 Å². The molecule has 0 fully saturated rings. The summed E-state index contributed by atoms with van der Waals surface area (Å²) in [7, 11) is 0. The van der Waals surface area contributed by atoms with Crippen LogP contribution in [0.5, 0.6) is 0 Å². The number of thioether (sulfide) groups is 1. The molecule has 0 spiro atoms. The van der Waals surface area contributed by atoms with Gasteiger partial charge in [-0.2, -0.15) is 0 Å². The van der Waals surface area contributed by atoms with Crippen LogP contribution in [0.2, 0.25) is 0 Å². The predicted molar refractivity (Wildman–Crippen MR) is 96.1 cm³/mol. The Balaban J connectivity index is 1.79. The van der Waals surface area contributed by atoms with Crippen molar-refractivity contribution in [3.05, 3.63) is 53.9 Å². The number of nitrogens with zero attached hydrogens (tertiary/aromatic N) is 2. The molecule has 0 aliphatic heterocycles. The number of anilines is 1. The lowest BCUT2D eigenvalue weighted by Crippen LogP contribution is -2.18. The van der Waals surface area contributed by atoms with Crippen molar-refractivity contribution >= 4 is 34.4 Å². The average Bonchev–Trinajstić information content (AvgIpc) is 2.90. The molecule has 0 aliphatic rings. The number of aromatic nitrogens is 2. The van der Waals surface area contributed by atoms with Gasteiger partial charge < -0.3 is 9.88 Å². The maximum Gasteiger partial charge on any atom is 0.244 e. The summed E-state index contributed by atoms with van der Waals surface area (Å²) in [6.45, 7) is 4.39. The Hall–Kier alpha value is -2.27. The molecule has 5 heteroatoms. The van der Waals surface area contributed by atoms with Gasteiger partial charge in [-0.15, -0.1) is 11.8 Å². The lowest BCUT2D eigenvalue weighted by molar-refractivity contribution is -0.116. The number of imidazole rings is 1. The van der Waals surface area contributed by atoms with E-state index in [4.69, 9.17) is 0 Å². The number of hydrogen-bond donors (Lipinski definition) is 1. The molecule has 0 atom stereocenters. The van der Waals surface area contributed by atoms with Crippen molar-refractivity contribution in [2.75, 3.05) is 11.6 Å². The maximum absolute atomic E-state index is 12.3. The second-order valence-electron chi connectivity index (χ2n) is 5.58. The Morgan fingerprint density at radius 1 is 1.22 bits per heavy atom. The van der Waals surface area contributed by atoms with Gasteiger partial charge in [0.15, 0.2) is 0 Å². The van der Waals surface area contributed by atoms with Crippen molar-refractivity contribution in [3.63, 3.8) is 0 Å². The molecular weight excluding hydrogens is 306 g/mol. The molecule has 4 nitrogen and oxygen atoms in total. The molecule has 23 heavy (non-hydrogen) atoms. The summed E-state index contributed by atoms with van der Waals surface area (Å²) >= 11 is 1.65. The first-order valence-electron chi connectivity index (χ1n) is 7.43. The third-order valence-electron chi connectivity index (χ3n) is 3.90. The van der Waals surface area contributed by atoms with Crippen LogP contribution in [-0.2, 0) is 11.3 Å². The molecule has 0 unspecified atom stereocenters. The average molecular weight is 325 g/mol. The van der Waals surface area contributed by atoms with Crippen molar-refractivity contribution in [3.8, 4) is 0 Å². The molecule has 0 radical (unpaired) electrons. The number of benzene rings is 2. The Morgan fingerprint density at radius 2 is 2.00 bits per heavy atom. The molecule has 3 rings (SSSR count). The van der Waals surface area contributed by atoms with E-state index in [0.29, 0.717) is 0 Å². The van der Waals surface area contributed by atoms with Gasteiger partial charge in [0, 0.05) is 10.6 Å². The molecule has 0 aliphatic carbocycles. The summed E-state index contributed by atoms with van der Waals surface area (Å²) in [5, 5.41) is 2.94. The SMILES string of the molecule is CSc1cccc(NC(=O)Cn2cnc3cc(C)c(C)cc32)c1. The quantitative estimate of drug-likeness (QED) is 0.737. The number of nitrogens with one attached hydrogen (secondary N) is 1. The zero-order chi connectivity index (χ0) is 16.4. The summed E-state index contributed by atoms with van der Waals surface area (Å²) in [6.07, 6.45) is 3.74. The highest BCUT2D eigenvalue weighted by Gasteiger charge is 2.09. The van der Waals surface area contributed by atoms with E-state index < -0.39 is 0 Å². The van der Waals surface area contributed by atoms with E-state index in [1.165, 1.54) is 11.1 Å². The smallest absolute Gasteiger partial charge is 0.244 e. The van der Waals surface area contributed by atoms with E-state index in [0.717, 1.165) is 21.6 Å². The molecule has 0 saturated heterocycles. The van der Waals surface area contributed by atoms with Crippen LogP contribution in [0, 0.1) is 13.8 Å². The molecule has 1 heterocycles. The number of hydrogen-bond acceptors (Lipinski definition) is 3. The minimum absolute atomic E-state index is 0.0548. The third-order valence-corrected chi connectivity index (χ3v) is 4.63. The molecule has 0 saturated carbocycles. The molecule has 1 aromatic heterocycles. The van der Waals surface area contributed by atoms with Crippen LogP contribution >= 0.6 is 11.8 Å². The fraction of sp³-hybridized carbons (Fsp3) is 0.222. The van der Waals surface area contributed by atoms with Crippen LogP contribution in [0.3, 0.4) is 0 Å². The van der Waals surface area contributed by atoms with Crippen LogP contribution in [0.4, 0.5) is 5.69 Å². The van der Waals surface area contributed by atoms with Gasteiger partial charge in [0.05, 0.1) is 17.4 Å².